The monoisotopic (exact) mass is 297 g/mol. The molecule has 6 heteroatoms. The number of likely N-dealkylation sites (N-methyl/N-ethyl adjacent to an activating group) is 1. The van der Waals surface area contributed by atoms with Gasteiger partial charge in [-0.05, 0) is 18.2 Å². The van der Waals surface area contributed by atoms with Crippen molar-refractivity contribution in [3.8, 4) is 11.8 Å². The SMILES string of the molecule is CCN(CCOC)S(=O)(=O)c1cccc(C#CCO)c1. The molecule has 0 aromatic heterocycles. The lowest BCUT2D eigenvalue weighted by Gasteiger charge is -2.20. The van der Waals surface area contributed by atoms with Crippen LogP contribution in [-0.4, -0.2) is 51.2 Å². The maximum Gasteiger partial charge on any atom is 0.243 e. The van der Waals surface area contributed by atoms with E-state index in [1.165, 1.54) is 23.5 Å². The number of ether oxygens (including phenoxy) is 1. The first-order valence-electron chi connectivity index (χ1n) is 6.25. The van der Waals surface area contributed by atoms with Gasteiger partial charge in [-0.3, -0.25) is 0 Å². The fourth-order valence-corrected chi connectivity index (χ4v) is 3.15. The van der Waals surface area contributed by atoms with Gasteiger partial charge < -0.3 is 9.84 Å². The fourth-order valence-electron chi connectivity index (χ4n) is 1.67. The summed E-state index contributed by atoms with van der Waals surface area (Å²) < 4.78 is 31.2. The molecule has 0 bridgehead atoms. The van der Waals surface area contributed by atoms with Gasteiger partial charge >= 0.3 is 0 Å². The number of methoxy groups -OCH3 is 1. The molecule has 0 aliphatic carbocycles. The van der Waals surface area contributed by atoms with Crippen LogP contribution in [0.15, 0.2) is 29.2 Å². The number of sulfonamides is 1. The minimum atomic E-state index is -3.55. The van der Waals surface area contributed by atoms with Gasteiger partial charge in [-0.15, -0.1) is 0 Å². The molecular weight excluding hydrogens is 278 g/mol. The zero-order chi connectivity index (χ0) is 15.0. The van der Waals surface area contributed by atoms with Gasteiger partial charge in [0.05, 0.1) is 11.5 Å². The smallest absolute Gasteiger partial charge is 0.243 e. The van der Waals surface area contributed by atoms with Crippen molar-refractivity contribution in [2.45, 2.75) is 11.8 Å². The highest BCUT2D eigenvalue weighted by atomic mass is 32.2. The summed E-state index contributed by atoms with van der Waals surface area (Å²) in [6, 6.07) is 6.38. The summed E-state index contributed by atoms with van der Waals surface area (Å²) in [7, 11) is -2.01. The van der Waals surface area contributed by atoms with Crippen LogP contribution in [0.5, 0.6) is 0 Å². The second-order valence-electron chi connectivity index (χ2n) is 3.98. The Kier molecular flexibility index (Phi) is 6.68. The van der Waals surface area contributed by atoms with E-state index in [-0.39, 0.29) is 11.5 Å². The van der Waals surface area contributed by atoms with Gasteiger partial charge in [0, 0.05) is 25.8 Å². The van der Waals surface area contributed by atoms with E-state index in [0.29, 0.717) is 25.3 Å². The van der Waals surface area contributed by atoms with E-state index >= 15 is 0 Å². The largest absolute Gasteiger partial charge is 0.384 e. The molecule has 0 saturated carbocycles. The Morgan fingerprint density at radius 3 is 2.75 bits per heavy atom. The van der Waals surface area contributed by atoms with Crippen molar-refractivity contribution in [3.05, 3.63) is 29.8 Å². The van der Waals surface area contributed by atoms with Crippen molar-refractivity contribution in [1.82, 2.24) is 4.31 Å². The summed E-state index contributed by atoms with van der Waals surface area (Å²) in [5, 5.41) is 8.67. The molecule has 1 rings (SSSR count). The Bertz CT molecular complexity index is 587. The van der Waals surface area contributed by atoms with Gasteiger partial charge in [0.25, 0.3) is 0 Å². The molecule has 0 aliphatic rings. The minimum absolute atomic E-state index is 0.195. The first-order valence-corrected chi connectivity index (χ1v) is 7.69. The average Bonchev–Trinajstić information content (AvgIpc) is 2.46. The molecular formula is C14H19NO4S. The van der Waals surface area contributed by atoms with Crippen molar-refractivity contribution in [3.63, 3.8) is 0 Å². The zero-order valence-electron chi connectivity index (χ0n) is 11.7. The van der Waals surface area contributed by atoms with Crippen LogP contribution in [0.3, 0.4) is 0 Å². The number of hydrogen-bond acceptors (Lipinski definition) is 4. The highest BCUT2D eigenvalue weighted by Gasteiger charge is 2.22. The molecule has 0 radical (unpaired) electrons. The lowest BCUT2D eigenvalue weighted by molar-refractivity contribution is 0.180. The van der Waals surface area contributed by atoms with Crippen molar-refractivity contribution >= 4 is 10.0 Å². The quantitative estimate of drug-likeness (QED) is 0.785. The molecule has 0 unspecified atom stereocenters. The summed E-state index contributed by atoms with van der Waals surface area (Å²) >= 11 is 0. The Hall–Kier alpha value is -1.39. The average molecular weight is 297 g/mol. The molecule has 0 atom stereocenters. The molecule has 1 aromatic rings. The van der Waals surface area contributed by atoms with Crippen LogP contribution >= 0.6 is 0 Å². The van der Waals surface area contributed by atoms with Crippen molar-refractivity contribution in [2.24, 2.45) is 0 Å². The second-order valence-corrected chi connectivity index (χ2v) is 5.92. The Morgan fingerprint density at radius 1 is 1.40 bits per heavy atom. The van der Waals surface area contributed by atoms with Crippen LogP contribution in [0.4, 0.5) is 0 Å². The fraction of sp³-hybridized carbons (Fsp3) is 0.429. The number of hydrogen-bond donors (Lipinski definition) is 1. The highest BCUT2D eigenvalue weighted by Crippen LogP contribution is 2.16. The lowest BCUT2D eigenvalue weighted by Crippen LogP contribution is -2.33. The van der Waals surface area contributed by atoms with Crippen LogP contribution in [0.2, 0.25) is 0 Å². The predicted molar refractivity (Wildman–Crippen MR) is 76.7 cm³/mol. The molecule has 0 spiro atoms. The van der Waals surface area contributed by atoms with Crippen LogP contribution in [0.1, 0.15) is 12.5 Å². The van der Waals surface area contributed by atoms with Crippen LogP contribution < -0.4 is 0 Å². The van der Waals surface area contributed by atoms with Crippen molar-refractivity contribution < 1.29 is 18.3 Å². The standard InChI is InChI=1S/C14H19NO4S/c1-3-15(9-11-19-2)20(17,18)14-8-4-6-13(12-14)7-5-10-16/h4,6,8,12,16H,3,9-11H2,1-2H3. The minimum Gasteiger partial charge on any atom is -0.384 e. The maximum atomic E-state index is 12.5. The Balaban J connectivity index is 3.07. The molecule has 0 aliphatic heterocycles. The maximum absolute atomic E-state index is 12.5. The van der Waals surface area contributed by atoms with E-state index < -0.39 is 10.0 Å². The third-order valence-corrected chi connectivity index (χ3v) is 4.65. The van der Waals surface area contributed by atoms with E-state index in [9.17, 15) is 8.42 Å². The van der Waals surface area contributed by atoms with E-state index in [0.717, 1.165) is 0 Å². The number of aliphatic hydroxyl groups is 1. The normalized spacial score (nSPS) is 11.2. The van der Waals surface area contributed by atoms with Crippen LogP contribution in [-0.2, 0) is 14.8 Å². The van der Waals surface area contributed by atoms with Gasteiger partial charge in [0.2, 0.25) is 10.0 Å². The summed E-state index contributed by atoms with van der Waals surface area (Å²) in [4.78, 5) is 0.195. The first kappa shape index (κ1) is 16.7. The molecule has 0 saturated heterocycles. The molecule has 1 aromatic carbocycles. The van der Waals surface area contributed by atoms with Gasteiger partial charge in [0.15, 0.2) is 0 Å². The van der Waals surface area contributed by atoms with E-state index in [2.05, 4.69) is 11.8 Å². The first-order chi connectivity index (χ1) is 9.56. The lowest BCUT2D eigenvalue weighted by atomic mass is 10.2. The molecule has 1 N–H and O–H groups in total. The molecule has 110 valence electrons. The van der Waals surface area contributed by atoms with Crippen molar-refractivity contribution in [1.29, 1.82) is 0 Å². The van der Waals surface area contributed by atoms with E-state index in [4.69, 9.17) is 9.84 Å². The number of benzene rings is 1. The van der Waals surface area contributed by atoms with Gasteiger partial charge in [-0.2, -0.15) is 4.31 Å². The molecule has 5 nitrogen and oxygen atoms in total. The number of aliphatic hydroxyl groups excluding tert-OH is 1. The van der Waals surface area contributed by atoms with Gasteiger partial charge in [0.1, 0.15) is 6.61 Å². The third-order valence-electron chi connectivity index (χ3n) is 2.68. The topological polar surface area (TPSA) is 66.8 Å². The number of nitrogens with zero attached hydrogens (tertiary/aromatic N) is 1. The molecule has 20 heavy (non-hydrogen) atoms. The van der Waals surface area contributed by atoms with Crippen LogP contribution in [0.25, 0.3) is 0 Å². The molecule has 0 amide bonds. The van der Waals surface area contributed by atoms with Gasteiger partial charge in [-0.25, -0.2) is 8.42 Å². The molecule has 0 heterocycles. The summed E-state index contributed by atoms with van der Waals surface area (Å²) in [5.74, 6) is 5.20. The highest BCUT2D eigenvalue weighted by molar-refractivity contribution is 7.89. The van der Waals surface area contributed by atoms with Crippen molar-refractivity contribution in [2.75, 3.05) is 33.4 Å². The zero-order valence-corrected chi connectivity index (χ0v) is 12.5. The summed E-state index contributed by atoms with van der Waals surface area (Å²) in [5.41, 5.74) is 0.558. The summed E-state index contributed by atoms with van der Waals surface area (Å²) in [6.07, 6.45) is 0. The van der Waals surface area contributed by atoms with Crippen LogP contribution in [0, 0.1) is 11.8 Å². The van der Waals surface area contributed by atoms with E-state index in [1.807, 2.05) is 0 Å². The Labute approximate surface area is 120 Å². The second kappa shape index (κ2) is 8.02. The summed E-state index contributed by atoms with van der Waals surface area (Å²) in [6.45, 7) is 2.55. The van der Waals surface area contributed by atoms with E-state index in [1.54, 1.807) is 19.1 Å². The molecule has 0 fully saturated rings. The number of rotatable bonds is 6. The third kappa shape index (κ3) is 4.32. The van der Waals surface area contributed by atoms with Gasteiger partial charge in [-0.1, -0.05) is 24.8 Å². The Morgan fingerprint density at radius 2 is 2.15 bits per heavy atom. The predicted octanol–water partition coefficient (Wildman–Crippen LogP) is 0.687.